The van der Waals surface area contributed by atoms with Crippen molar-refractivity contribution in [2.24, 2.45) is 0 Å². The van der Waals surface area contributed by atoms with E-state index in [2.05, 4.69) is 9.97 Å². The highest BCUT2D eigenvalue weighted by Crippen LogP contribution is 2.17. The second-order valence-corrected chi connectivity index (χ2v) is 3.74. The molecule has 0 aliphatic heterocycles. The number of hydrogen-bond acceptors (Lipinski definition) is 5. The zero-order valence-electron chi connectivity index (χ0n) is 9.71. The first kappa shape index (κ1) is 11.9. The molecule has 7 nitrogen and oxygen atoms in total. The van der Waals surface area contributed by atoms with E-state index < -0.39 is 4.92 Å². The SMILES string of the molecule is Cc1nc([N+](=O)[O-])[nH]c1COc1ccc(N)cc1. The second kappa shape index (κ2) is 4.74. The molecule has 18 heavy (non-hydrogen) atoms. The fourth-order valence-corrected chi connectivity index (χ4v) is 1.43. The van der Waals surface area contributed by atoms with Crippen LogP contribution in [0.5, 0.6) is 5.75 Å². The standard InChI is InChI=1S/C11H12N4O3/c1-7-10(14-11(13-7)15(16)17)6-18-9-4-2-8(12)3-5-9/h2-5H,6,12H2,1H3,(H,13,14). The normalized spacial score (nSPS) is 10.3. The first-order valence-electron chi connectivity index (χ1n) is 5.24. The van der Waals surface area contributed by atoms with E-state index >= 15 is 0 Å². The van der Waals surface area contributed by atoms with Gasteiger partial charge in [-0.1, -0.05) is 4.98 Å². The zero-order chi connectivity index (χ0) is 13.1. The van der Waals surface area contributed by atoms with Crippen molar-refractivity contribution in [3.8, 4) is 5.75 Å². The molecule has 7 heteroatoms. The van der Waals surface area contributed by atoms with Crippen LogP contribution in [0.15, 0.2) is 24.3 Å². The van der Waals surface area contributed by atoms with Crippen molar-refractivity contribution in [3.05, 3.63) is 45.8 Å². The van der Waals surface area contributed by atoms with E-state index in [9.17, 15) is 10.1 Å². The van der Waals surface area contributed by atoms with E-state index in [0.29, 0.717) is 22.8 Å². The van der Waals surface area contributed by atoms with Gasteiger partial charge in [-0.05, 0) is 36.1 Å². The van der Waals surface area contributed by atoms with Crippen molar-refractivity contribution in [2.45, 2.75) is 13.5 Å². The highest BCUT2D eigenvalue weighted by molar-refractivity contribution is 5.41. The molecule has 2 aromatic rings. The Bertz CT molecular complexity index is 562. The average Bonchev–Trinajstić information content (AvgIpc) is 2.70. The third kappa shape index (κ3) is 2.57. The molecule has 3 N–H and O–H groups in total. The molecule has 0 aliphatic carbocycles. The van der Waals surface area contributed by atoms with Gasteiger partial charge in [0.2, 0.25) is 0 Å². The van der Waals surface area contributed by atoms with Crippen molar-refractivity contribution >= 4 is 11.6 Å². The molecule has 0 saturated carbocycles. The molecule has 0 spiro atoms. The summed E-state index contributed by atoms with van der Waals surface area (Å²) in [5.41, 5.74) is 7.33. The van der Waals surface area contributed by atoms with Crippen LogP contribution < -0.4 is 10.5 Å². The lowest BCUT2D eigenvalue weighted by molar-refractivity contribution is -0.393. The predicted octanol–water partition coefficient (Wildman–Crippen LogP) is 1.79. The summed E-state index contributed by atoms with van der Waals surface area (Å²) in [7, 11) is 0. The summed E-state index contributed by atoms with van der Waals surface area (Å²) in [5, 5.41) is 10.5. The molecule has 0 aliphatic rings. The summed E-state index contributed by atoms with van der Waals surface area (Å²) in [4.78, 5) is 16.4. The van der Waals surface area contributed by atoms with Crippen LogP contribution >= 0.6 is 0 Å². The predicted molar refractivity (Wildman–Crippen MR) is 65.2 cm³/mol. The summed E-state index contributed by atoms with van der Waals surface area (Å²) in [6, 6.07) is 6.90. The number of imidazole rings is 1. The smallest absolute Gasteiger partial charge is 0.432 e. The molecule has 1 heterocycles. The van der Waals surface area contributed by atoms with Crippen molar-refractivity contribution < 1.29 is 9.66 Å². The Hall–Kier alpha value is -2.57. The molecule has 0 saturated heterocycles. The van der Waals surface area contributed by atoms with Gasteiger partial charge in [-0.25, -0.2) is 4.98 Å². The molecule has 1 aromatic heterocycles. The van der Waals surface area contributed by atoms with E-state index in [1.165, 1.54) is 0 Å². The van der Waals surface area contributed by atoms with Gasteiger partial charge in [0, 0.05) is 5.69 Å². The number of aromatic amines is 1. The molecule has 0 bridgehead atoms. The second-order valence-electron chi connectivity index (χ2n) is 3.74. The highest BCUT2D eigenvalue weighted by atomic mass is 16.6. The van der Waals surface area contributed by atoms with Gasteiger partial charge in [0.25, 0.3) is 0 Å². The van der Waals surface area contributed by atoms with Crippen LogP contribution in [0.4, 0.5) is 11.6 Å². The Morgan fingerprint density at radius 1 is 1.44 bits per heavy atom. The van der Waals surface area contributed by atoms with Crippen molar-refractivity contribution in [1.29, 1.82) is 0 Å². The summed E-state index contributed by atoms with van der Waals surface area (Å²) in [6.07, 6.45) is 0. The lowest BCUT2D eigenvalue weighted by Crippen LogP contribution is -1.98. The maximum absolute atomic E-state index is 10.5. The zero-order valence-corrected chi connectivity index (χ0v) is 9.71. The third-order valence-electron chi connectivity index (χ3n) is 2.41. The first-order valence-corrected chi connectivity index (χ1v) is 5.24. The van der Waals surface area contributed by atoms with E-state index in [1.807, 2.05) is 0 Å². The van der Waals surface area contributed by atoms with Crippen LogP contribution in [0.3, 0.4) is 0 Å². The monoisotopic (exact) mass is 248 g/mol. The van der Waals surface area contributed by atoms with Gasteiger partial charge in [0.05, 0.1) is 0 Å². The molecule has 0 radical (unpaired) electrons. The fourth-order valence-electron chi connectivity index (χ4n) is 1.43. The summed E-state index contributed by atoms with van der Waals surface area (Å²) in [6.45, 7) is 1.88. The van der Waals surface area contributed by atoms with Gasteiger partial charge in [0.15, 0.2) is 11.4 Å². The van der Waals surface area contributed by atoms with Gasteiger partial charge in [-0.15, -0.1) is 0 Å². The summed E-state index contributed by atoms with van der Waals surface area (Å²) in [5.74, 6) is 0.365. The Morgan fingerprint density at radius 2 is 2.11 bits per heavy atom. The lowest BCUT2D eigenvalue weighted by atomic mass is 10.3. The van der Waals surface area contributed by atoms with Crippen molar-refractivity contribution in [3.63, 3.8) is 0 Å². The number of hydrogen-bond donors (Lipinski definition) is 2. The minimum absolute atomic E-state index is 0.191. The number of ether oxygens (including phenoxy) is 1. The number of aryl methyl sites for hydroxylation is 1. The Labute approximate surface area is 103 Å². The number of rotatable bonds is 4. The fraction of sp³-hybridized carbons (Fsp3) is 0.182. The number of nitrogens with zero attached hydrogens (tertiary/aromatic N) is 2. The Morgan fingerprint density at radius 3 is 2.67 bits per heavy atom. The van der Waals surface area contributed by atoms with Crippen LogP contribution in [-0.2, 0) is 6.61 Å². The van der Waals surface area contributed by atoms with Gasteiger partial charge in [-0.3, -0.25) is 0 Å². The highest BCUT2D eigenvalue weighted by Gasteiger charge is 2.16. The average molecular weight is 248 g/mol. The Kier molecular flexibility index (Phi) is 3.13. The van der Waals surface area contributed by atoms with Crippen molar-refractivity contribution in [1.82, 2.24) is 9.97 Å². The van der Waals surface area contributed by atoms with Gasteiger partial charge in [-0.2, -0.15) is 0 Å². The molecule has 1 aromatic carbocycles. The number of H-pyrrole nitrogens is 1. The first-order chi connectivity index (χ1) is 8.56. The van der Waals surface area contributed by atoms with Crippen molar-refractivity contribution in [2.75, 3.05) is 5.73 Å². The number of nitro groups is 1. The van der Waals surface area contributed by atoms with E-state index in [-0.39, 0.29) is 12.6 Å². The number of nitrogen functional groups attached to an aromatic ring is 1. The van der Waals surface area contributed by atoms with E-state index in [1.54, 1.807) is 31.2 Å². The molecule has 2 rings (SSSR count). The van der Waals surface area contributed by atoms with Crippen LogP contribution in [0.2, 0.25) is 0 Å². The van der Waals surface area contributed by atoms with Gasteiger partial charge in [0.1, 0.15) is 12.4 Å². The molecule has 0 atom stereocenters. The van der Waals surface area contributed by atoms with Crippen LogP contribution in [0.25, 0.3) is 0 Å². The minimum Gasteiger partial charge on any atom is -0.486 e. The molecular weight excluding hydrogens is 236 g/mol. The Balaban J connectivity index is 2.06. The number of benzene rings is 1. The topological polar surface area (TPSA) is 107 Å². The van der Waals surface area contributed by atoms with E-state index in [4.69, 9.17) is 10.5 Å². The third-order valence-corrected chi connectivity index (χ3v) is 2.41. The van der Waals surface area contributed by atoms with Gasteiger partial charge < -0.3 is 20.6 Å². The molecule has 0 unspecified atom stereocenters. The van der Waals surface area contributed by atoms with E-state index in [0.717, 1.165) is 0 Å². The maximum atomic E-state index is 10.5. The largest absolute Gasteiger partial charge is 0.486 e. The molecule has 0 amide bonds. The molecule has 0 fully saturated rings. The summed E-state index contributed by atoms with van der Waals surface area (Å²) < 4.78 is 5.47. The summed E-state index contributed by atoms with van der Waals surface area (Å²) >= 11 is 0. The maximum Gasteiger partial charge on any atom is 0.432 e. The lowest BCUT2D eigenvalue weighted by Gasteiger charge is -2.03. The van der Waals surface area contributed by atoms with Gasteiger partial charge >= 0.3 is 5.95 Å². The van der Waals surface area contributed by atoms with Crippen LogP contribution in [0, 0.1) is 17.0 Å². The van der Waals surface area contributed by atoms with Crippen LogP contribution in [-0.4, -0.2) is 14.9 Å². The number of nitrogens with two attached hydrogens (primary N) is 1. The van der Waals surface area contributed by atoms with Crippen LogP contribution in [0.1, 0.15) is 11.4 Å². The number of anilines is 1. The minimum atomic E-state index is -0.570. The number of nitrogens with one attached hydrogen (secondary N) is 1. The number of aromatic nitrogens is 2. The molecule has 94 valence electrons. The quantitative estimate of drug-likeness (QED) is 0.487. The molecular formula is C11H12N4O3.